The van der Waals surface area contributed by atoms with Crippen LogP contribution in [0, 0.1) is 13.8 Å². The fourth-order valence-corrected chi connectivity index (χ4v) is 14.4. The summed E-state index contributed by atoms with van der Waals surface area (Å²) >= 11 is 0. The van der Waals surface area contributed by atoms with Crippen molar-refractivity contribution < 1.29 is 21.2 Å². The van der Waals surface area contributed by atoms with E-state index in [9.17, 15) is 5.53 Å². The van der Waals surface area contributed by atoms with Gasteiger partial charge in [0.1, 0.15) is 0 Å². The average molecular weight is 1390 g/mol. The zero-order valence-electron chi connectivity index (χ0n) is 66.5. The van der Waals surface area contributed by atoms with Crippen LogP contribution in [0.25, 0.3) is 16.9 Å². The largest absolute Gasteiger partial charge is 2.00 e. The molecule has 0 radical (unpaired) electrons. The Morgan fingerprint density at radius 2 is 0.526 bits per heavy atom. The second-order valence-electron chi connectivity index (χ2n) is 30.2. The Labute approximate surface area is 620 Å². The molecule has 97 heavy (non-hydrogen) atoms. The van der Waals surface area contributed by atoms with Crippen LogP contribution < -0.4 is 0 Å². The van der Waals surface area contributed by atoms with E-state index in [0.717, 1.165) is 73.9 Å². The summed E-state index contributed by atoms with van der Waals surface area (Å²) in [6.45, 7) is 21.5. The van der Waals surface area contributed by atoms with Crippen molar-refractivity contribution in [1.29, 1.82) is 0 Å². The molecule has 1 heterocycles. The average Bonchev–Trinajstić information content (AvgIpc) is 1.61. The molecule has 0 aliphatic carbocycles. The third-order valence-electron chi connectivity index (χ3n) is 20.8. The molecule has 0 saturated carbocycles. The Bertz CT molecular complexity index is 1960. The summed E-state index contributed by atoms with van der Waals surface area (Å²) in [6.07, 6.45) is 99.0. The summed E-state index contributed by atoms with van der Waals surface area (Å²) < 4.78 is 1.54. The molecular weight excluding hydrogens is 1220 g/mol. The smallest absolute Gasteiger partial charge is 0.493 e. The number of hydrogen-bond acceptors (Lipinski definition) is 0. The molecule has 0 saturated heterocycles. The Hall–Kier alpha value is -2.25. The van der Waals surface area contributed by atoms with Gasteiger partial charge < -0.3 is 19.4 Å². The van der Waals surface area contributed by atoms with Crippen LogP contribution in [0.4, 0.5) is 0 Å². The Balaban J connectivity index is 0.00000169. The van der Waals surface area contributed by atoms with E-state index in [1.807, 2.05) is 0 Å². The molecule has 0 aromatic heterocycles. The molecule has 0 unspecified atom stereocenters. The molecule has 2 nitrogen and oxygen atoms in total. The van der Waals surface area contributed by atoms with Crippen molar-refractivity contribution in [3.05, 3.63) is 113 Å². The van der Waals surface area contributed by atoms with Gasteiger partial charge in [-0.25, -0.2) is 4.70 Å². The predicted molar refractivity (Wildman–Crippen MR) is 436 cm³/mol. The quantitative estimate of drug-likeness (QED) is 0.0273. The van der Waals surface area contributed by atoms with Gasteiger partial charge in [-0.05, 0) is 86.8 Å². The molecule has 1 aliphatic rings. The van der Waals surface area contributed by atoms with E-state index in [1.165, 1.54) is 408 Å². The van der Waals surface area contributed by atoms with Gasteiger partial charge in [0.25, 0.3) is 0 Å². The van der Waals surface area contributed by atoms with Crippen molar-refractivity contribution >= 4 is 11.4 Å². The van der Waals surface area contributed by atoms with E-state index < -0.39 is 0 Å². The first-order chi connectivity index (χ1) is 47.5. The first-order valence-corrected chi connectivity index (χ1v) is 43.9. The molecule has 0 bridgehead atoms. The predicted octanol–water partition coefficient (Wildman–Crippen LogP) is 34.0. The third kappa shape index (κ3) is 56.9. The van der Waals surface area contributed by atoms with Gasteiger partial charge in [-0.3, -0.25) is 0 Å². The van der Waals surface area contributed by atoms with E-state index in [2.05, 4.69) is 116 Å². The molecule has 0 amide bonds. The summed E-state index contributed by atoms with van der Waals surface area (Å²) in [6, 6.07) is 17.9. The van der Waals surface area contributed by atoms with Crippen LogP contribution in [0.15, 0.2) is 71.8 Å². The fourth-order valence-electron chi connectivity index (χ4n) is 14.4. The maximum atomic E-state index is 12.1. The number of rotatable bonds is 69. The number of nitrogens with zero attached hydrogens (tertiary/aromatic N) is 2. The number of aryl methyl sites for hydroxylation is 2. The van der Waals surface area contributed by atoms with E-state index in [1.54, 1.807) is 4.70 Å². The minimum absolute atomic E-state index is 0. The molecule has 0 fully saturated rings. The first-order valence-electron chi connectivity index (χ1n) is 43.9. The maximum absolute atomic E-state index is 12.1. The molecule has 1 aliphatic heterocycles. The van der Waals surface area contributed by atoms with Crippen molar-refractivity contribution in [2.24, 2.45) is 0 Å². The van der Waals surface area contributed by atoms with Crippen molar-refractivity contribution in [3.63, 3.8) is 0 Å². The van der Waals surface area contributed by atoms with Gasteiger partial charge in [0.2, 0.25) is 11.4 Å². The van der Waals surface area contributed by atoms with Crippen LogP contribution in [-0.4, -0.2) is 4.70 Å². The Kier molecular flexibility index (Phi) is 74.6. The van der Waals surface area contributed by atoms with Crippen LogP contribution >= 0.6 is 0 Å². The number of allylic oxidation sites excluding steroid dienone is 4. The van der Waals surface area contributed by atoms with Crippen molar-refractivity contribution in [3.8, 4) is 0 Å². The Morgan fingerprint density at radius 3 is 0.794 bits per heavy atom. The van der Waals surface area contributed by atoms with E-state index >= 15 is 0 Å². The van der Waals surface area contributed by atoms with Crippen molar-refractivity contribution in [2.75, 3.05) is 0 Å². The van der Waals surface area contributed by atoms with E-state index in [4.69, 9.17) is 0 Å². The third-order valence-corrected chi connectivity index (χ3v) is 20.8. The van der Waals surface area contributed by atoms with E-state index in [-0.39, 0.29) is 16.5 Å². The van der Waals surface area contributed by atoms with Crippen molar-refractivity contribution in [2.45, 2.75) is 478 Å². The SMILES string of the molecule is CCCCCCCCCCCCCCCCCCCCC=CC1=C(c2cccc(CCCC)c2)[N+](=[N-])C(c2cccc(CCCC)c2)=C1CCCC.[CH2-]CCCCCCCCCCCCCCCCCCCCC.[CH2-]CCCCCCCCCCCCCCCCCCCCC.[Ni+2]. The summed E-state index contributed by atoms with van der Waals surface area (Å²) in [5, 5.41) is 0. The topological polar surface area (TPSA) is 25.3 Å². The van der Waals surface area contributed by atoms with Crippen LogP contribution in [0.1, 0.15) is 488 Å². The minimum atomic E-state index is 0. The molecule has 3 heteroatoms. The molecule has 2 aromatic carbocycles. The van der Waals surface area contributed by atoms with Crippen LogP contribution in [0.5, 0.6) is 0 Å². The van der Waals surface area contributed by atoms with Crippen LogP contribution in [0.2, 0.25) is 0 Å². The molecule has 2 aromatic rings. The Morgan fingerprint density at radius 1 is 0.289 bits per heavy atom. The summed E-state index contributed by atoms with van der Waals surface area (Å²) in [7, 11) is 0. The van der Waals surface area contributed by atoms with Gasteiger partial charge in [0.05, 0.1) is 5.57 Å². The van der Waals surface area contributed by atoms with E-state index in [0.29, 0.717) is 0 Å². The molecule has 0 atom stereocenters. The maximum Gasteiger partial charge on any atom is 2.00 e. The summed E-state index contributed by atoms with van der Waals surface area (Å²) in [5.74, 6) is 0. The van der Waals surface area contributed by atoms with Gasteiger partial charge in [-0.2, -0.15) is 12.8 Å². The second kappa shape index (κ2) is 76.4. The number of unbranched alkanes of at least 4 members (excludes halogenated alkanes) is 59. The fraction of sp³-hybridized carbons (Fsp3) is 0.787. The summed E-state index contributed by atoms with van der Waals surface area (Å²) in [5.41, 5.74) is 21.5. The zero-order valence-corrected chi connectivity index (χ0v) is 67.5. The molecule has 0 N–H and O–H groups in total. The second-order valence-corrected chi connectivity index (χ2v) is 30.2. The standard InChI is InChI=1S/C50H78N2.2C22H45.Ni/c1-5-9-13-14-15-16-17-18-19-20-21-22-23-24-25-26-27-28-29-30-40-48-47(39-12-8-4)49(45-37-31-35-43(41-45)33-10-6-2)52(51)50(48)46-38-32-36-44(42-46)34-11-7-3;2*1-3-5-7-9-11-13-15-17-19-21-22-20-18-16-14-12-10-8-6-4-2;/h30-32,35-38,40-42H,5-29,33-34,39H2,1-4H3;2*1,3-22H2,2H3;/q;2*-1;+2. The molecule has 3 rings (SSSR count). The van der Waals surface area contributed by atoms with Gasteiger partial charge in [-0.15, -0.1) is 0 Å². The van der Waals surface area contributed by atoms with Crippen molar-refractivity contribution in [1.82, 2.24) is 0 Å². The normalized spacial score (nSPS) is 12.3. The number of benzene rings is 2. The summed E-state index contributed by atoms with van der Waals surface area (Å²) in [4.78, 5) is 0. The van der Waals surface area contributed by atoms with Gasteiger partial charge in [-0.1, -0.05) is 450 Å². The zero-order chi connectivity index (χ0) is 69.4. The first kappa shape index (κ1) is 94.8. The molecular formula is C94H168N2Ni. The van der Waals surface area contributed by atoms with Crippen LogP contribution in [-0.2, 0) is 29.3 Å². The van der Waals surface area contributed by atoms with Gasteiger partial charge in [0.15, 0.2) is 0 Å². The monoisotopic (exact) mass is 1380 g/mol. The van der Waals surface area contributed by atoms with Gasteiger partial charge in [0, 0.05) is 16.7 Å². The number of hydrogen-bond donors (Lipinski definition) is 0. The van der Waals surface area contributed by atoms with Crippen LogP contribution in [0.3, 0.4) is 0 Å². The molecule has 0 spiro atoms. The minimum Gasteiger partial charge on any atom is -0.493 e. The molecule has 564 valence electrons. The van der Waals surface area contributed by atoms with Gasteiger partial charge >= 0.3 is 16.5 Å².